The van der Waals surface area contributed by atoms with Gasteiger partial charge in [0.15, 0.2) is 6.10 Å². The molecular formula is C25H37N3O4. The summed E-state index contributed by atoms with van der Waals surface area (Å²) in [5.74, 6) is -0.293. The van der Waals surface area contributed by atoms with Gasteiger partial charge in [0, 0.05) is 12.1 Å². The van der Waals surface area contributed by atoms with Gasteiger partial charge in [-0.25, -0.2) is 0 Å². The molecule has 2 amide bonds. The Balaban J connectivity index is 1.53. The average molecular weight is 444 g/mol. The van der Waals surface area contributed by atoms with Crippen LogP contribution in [0.25, 0.3) is 0 Å². The van der Waals surface area contributed by atoms with E-state index in [2.05, 4.69) is 22.8 Å². The Kier molecular flexibility index (Phi) is 7.59. The maximum Gasteiger partial charge on any atom is 0.317 e. The second-order valence-electron chi connectivity index (χ2n) is 9.74. The van der Waals surface area contributed by atoms with Gasteiger partial charge in [0.2, 0.25) is 5.91 Å². The third-order valence-electron chi connectivity index (χ3n) is 7.31. The lowest BCUT2D eigenvalue weighted by molar-refractivity contribution is -0.213. The van der Waals surface area contributed by atoms with Crippen molar-refractivity contribution in [1.82, 2.24) is 10.6 Å². The number of rotatable bonds is 11. The first kappa shape index (κ1) is 24.2. The monoisotopic (exact) mass is 443 g/mol. The molecule has 1 heterocycles. The maximum absolute atomic E-state index is 12.8. The molecule has 32 heavy (non-hydrogen) atoms. The minimum Gasteiger partial charge on any atom is -0.450 e. The van der Waals surface area contributed by atoms with Crippen molar-refractivity contribution in [2.45, 2.75) is 84.0 Å². The number of cyclic esters (lactones) is 1. The van der Waals surface area contributed by atoms with E-state index in [9.17, 15) is 14.4 Å². The van der Waals surface area contributed by atoms with Crippen LogP contribution in [0.15, 0.2) is 30.3 Å². The molecule has 1 aromatic rings. The Morgan fingerprint density at radius 2 is 1.94 bits per heavy atom. The van der Waals surface area contributed by atoms with Crippen LogP contribution in [0.1, 0.15) is 58.9 Å². The molecule has 7 atom stereocenters. The van der Waals surface area contributed by atoms with Crippen molar-refractivity contribution in [3.8, 4) is 0 Å². The zero-order valence-corrected chi connectivity index (χ0v) is 19.6. The molecule has 1 saturated carbocycles. The predicted molar refractivity (Wildman–Crippen MR) is 122 cm³/mol. The smallest absolute Gasteiger partial charge is 0.317 e. The van der Waals surface area contributed by atoms with E-state index in [1.54, 1.807) is 6.92 Å². The lowest BCUT2D eigenvalue weighted by atomic mass is 9.68. The number of benzene rings is 1. The van der Waals surface area contributed by atoms with Crippen molar-refractivity contribution < 1.29 is 19.1 Å². The van der Waals surface area contributed by atoms with Crippen molar-refractivity contribution in [2.24, 2.45) is 23.0 Å². The lowest BCUT2D eigenvalue weighted by Crippen LogP contribution is -2.64. The number of esters is 1. The summed E-state index contributed by atoms with van der Waals surface area (Å²) < 4.78 is 5.23. The summed E-state index contributed by atoms with van der Waals surface area (Å²) in [6.45, 7) is 7.50. The Morgan fingerprint density at radius 1 is 1.25 bits per heavy atom. The summed E-state index contributed by atoms with van der Waals surface area (Å²) in [7, 11) is 0. The van der Waals surface area contributed by atoms with Gasteiger partial charge in [0.25, 0.3) is 5.91 Å². The van der Waals surface area contributed by atoms with Crippen LogP contribution in [0.3, 0.4) is 0 Å². The molecule has 0 bridgehead atoms. The topological polar surface area (TPSA) is 111 Å². The molecule has 2 fully saturated rings. The summed E-state index contributed by atoms with van der Waals surface area (Å²) in [6, 6.07) is 9.66. The van der Waals surface area contributed by atoms with Gasteiger partial charge in [-0.2, -0.15) is 0 Å². The fraction of sp³-hybridized carbons (Fsp3) is 0.640. The van der Waals surface area contributed by atoms with Crippen LogP contribution in [-0.4, -0.2) is 42.0 Å². The van der Waals surface area contributed by atoms with Gasteiger partial charge in [0.05, 0.1) is 6.04 Å². The summed E-state index contributed by atoms with van der Waals surface area (Å²) in [4.78, 5) is 37.1. The number of aryl methyl sites for hydroxylation is 1. The number of nitrogens with one attached hydrogen (secondary N) is 2. The minimum absolute atomic E-state index is 0.00693. The van der Waals surface area contributed by atoms with E-state index in [0.29, 0.717) is 5.92 Å². The zero-order valence-electron chi connectivity index (χ0n) is 19.6. The van der Waals surface area contributed by atoms with Crippen LogP contribution in [-0.2, 0) is 25.5 Å². The Labute approximate surface area is 190 Å². The van der Waals surface area contributed by atoms with E-state index >= 15 is 0 Å². The van der Waals surface area contributed by atoms with Gasteiger partial charge in [-0.1, -0.05) is 50.6 Å². The molecule has 0 unspecified atom stereocenters. The highest BCUT2D eigenvalue weighted by molar-refractivity contribution is 5.97. The quantitative estimate of drug-likeness (QED) is 0.455. The molecule has 4 N–H and O–H groups in total. The van der Waals surface area contributed by atoms with Crippen LogP contribution in [0, 0.1) is 17.3 Å². The molecule has 1 aromatic carbocycles. The van der Waals surface area contributed by atoms with Crippen molar-refractivity contribution in [2.75, 3.05) is 0 Å². The van der Waals surface area contributed by atoms with E-state index in [0.717, 1.165) is 32.1 Å². The summed E-state index contributed by atoms with van der Waals surface area (Å²) >= 11 is 0. The fourth-order valence-electron chi connectivity index (χ4n) is 4.49. The van der Waals surface area contributed by atoms with Gasteiger partial charge in [-0.3, -0.25) is 14.4 Å². The van der Waals surface area contributed by atoms with Crippen molar-refractivity contribution in [1.29, 1.82) is 0 Å². The first-order valence-electron chi connectivity index (χ1n) is 11.8. The highest BCUT2D eigenvalue weighted by atomic mass is 16.6. The molecule has 0 aromatic heterocycles. The molecular weight excluding hydrogens is 406 g/mol. The molecule has 176 valence electrons. The van der Waals surface area contributed by atoms with Crippen LogP contribution in [0.5, 0.6) is 0 Å². The molecule has 7 nitrogen and oxygen atoms in total. The number of hydrogen-bond acceptors (Lipinski definition) is 5. The van der Waals surface area contributed by atoms with Gasteiger partial charge < -0.3 is 21.1 Å². The molecule has 2 aliphatic rings. The number of ether oxygens (including phenoxy) is 1. The predicted octanol–water partition coefficient (Wildman–Crippen LogP) is 2.32. The van der Waals surface area contributed by atoms with Crippen LogP contribution in [0.2, 0.25) is 0 Å². The number of hydrogen-bond donors (Lipinski definition) is 3. The Bertz CT molecular complexity index is 828. The lowest BCUT2D eigenvalue weighted by Gasteiger charge is -2.46. The van der Waals surface area contributed by atoms with Crippen LogP contribution < -0.4 is 16.4 Å². The second-order valence-corrected chi connectivity index (χ2v) is 9.74. The second kappa shape index (κ2) is 10.0. The van der Waals surface area contributed by atoms with Crippen LogP contribution in [0.4, 0.5) is 0 Å². The average Bonchev–Trinajstić information content (AvgIpc) is 3.51. The van der Waals surface area contributed by atoms with Crippen molar-refractivity contribution in [3.63, 3.8) is 0 Å². The normalized spacial score (nSPS) is 29.2. The van der Waals surface area contributed by atoms with E-state index in [-0.39, 0.29) is 35.8 Å². The van der Waals surface area contributed by atoms with E-state index < -0.39 is 17.6 Å². The first-order chi connectivity index (χ1) is 15.2. The molecule has 3 rings (SSSR count). The fourth-order valence-corrected chi connectivity index (χ4v) is 4.49. The molecule has 1 aliphatic heterocycles. The summed E-state index contributed by atoms with van der Waals surface area (Å²) in [5.41, 5.74) is 6.22. The van der Waals surface area contributed by atoms with Gasteiger partial charge >= 0.3 is 5.97 Å². The summed E-state index contributed by atoms with van der Waals surface area (Å²) in [5, 5.41) is 6.13. The number of nitrogens with two attached hydrogens (primary N) is 1. The van der Waals surface area contributed by atoms with Gasteiger partial charge in [-0.15, -0.1) is 0 Å². The van der Waals surface area contributed by atoms with E-state index in [4.69, 9.17) is 10.5 Å². The molecule has 1 aliphatic carbocycles. The molecule has 7 heteroatoms. The van der Waals surface area contributed by atoms with Crippen molar-refractivity contribution in [3.05, 3.63) is 35.9 Å². The third kappa shape index (κ3) is 5.31. The highest BCUT2D eigenvalue weighted by Crippen LogP contribution is 2.45. The molecule has 1 saturated heterocycles. The Hall–Kier alpha value is -2.41. The largest absolute Gasteiger partial charge is 0.450 e. The number of carbonyl (C=O) groups is 3. The van der Waals surface area contributed by atoms with E-state index in [1.807, 2.05) is 39.0 Å². The van der Waals surface area contributed by atoms with Gasteiger partial charge in [0.1, 0.15) is 5.41 Å². The van der Waals surface area contributed by atoms with E-state index in [1.165, 1.54) is 5.56 Å². The highest BCUT2D eigenvalue weighted by Gasteiger charge is 2.61. The maximum atomic E-state index is 12.8. The minimum atomic E-state index is -0.757. The standard InChI is InChI=1S/C25H37N3O4/c1-5-15(2)25(4)21(32-24(25)31)23(30)28-20-14-18(20)13-19(27-22(29)16(3)26)12-11-17-9-7-6-8-10-17/h6-10,15-16,18-21H,5,11-14,26H2,1-4H3,(H,27,29)(H,28,30)/t15-,16-,18-,19+,20-,21-,25-/m0/s1. The third-order valence-corrected chi connectivity index (χ3v) is 7.31. The summed E-state index contributed by atoms with van der Waals surface area (Å²) in [6.07, 6.45) is 3.40. The number of amides is 2. The van der Waals surface area contributed by atoms with Crippen molar-refractivity contribution >= 4 is 17.8 Å². The molecule has 0 radical (unpaired) electrons. The SMILES string of the molecule is CC[C@H](C)[C@]1(C)C(=O)O[C@H]1C(=O)N[C@H]1C[C@@H]1C[C@@H](CCc1ccccc1)NC(=O)[C@H](C)N. The number of carbonyl (C=O) groups excluding carboxylic acids is 3. The Morgan fingerprint density at radius 3 is 2.53 bits per heavy atom. The van der Waals surface area contributed by atoms with Gasteiger partial charge in [-0.05, 0) is 56.9 Å². The first-order valence-corrected chi connectivity index (χ1v) is 11.8. The zero-order chi connectivity index (χ0) is 23.5. The molecule has 0 spiro atoms. The van der Waals surface area contributed by atoms with Crippen LogP contribution >= 0.6 is 0 Å².